The van der Waals surface area contributed by atoms with Crippen LogP contribution in [0.15, 0.2) is 71.7 Å². The SMILES string of the molecule is O=C(Nc1ccc(-c2nc3ccccc3c(=O)[nH]2)cc1)c1cc(Cl)ccn1. The quantitative estimate of drug-likeness (QED) is 0.567. The lowest BCUT2D eigenvalue weighted by Crippen LogP contribution is -2.13. The lowest BCUT2D eigenvalue weighted by atomic mass is 10.1. The van der Waals surface area contributed by atoms with Crippen LogP contribution in [0.25, 0.3) is 22.3 Å². The summed E-state index contributed by atoms with van der Waals surface area (Å²) >= 11 is 5.88. The molecule has 0 aliphatic heterocycles. The molecule has 2 heterocycles. The molecule has 2 N–H and O–H groups in total. The van der Waals surface area contributed by atoms with E-state index in [0.717, 1.165) is 5.56 Å². The van der Waals surface area contributed by atoms with Crippen molar-refractivity contribution < 1.29 is 4.79 Å². The van der Waals surface area contributed by atoms with E-state index in [0.29, 0.717) is 27.4 Å². The molecule has 2 aromatic heterocycles. The molecule has 132 valence electrons. The number of fused-ring (bicyclic) bond motifs is 1. The smallest absolute Gasteiger partial charge is 0.274 e. The van der Waals surface area contributed by atoms with E-state index in [1.807, 2.05) is 6.07 Å². The molecule has 0 unspecified atom stereocenters. The molecular weight excluding hydrogens is 364 g/mol. The highest BCUT2D eigenvalue weighted by Crippen LogP contribution is 2.19. The van der Waals surface area contributed by atoms with Gasteiger partial charge in [0.25, 0.3) is 11.5 Å². The molecule has 0 atom stereocenters. The summed E-state index contributed by atoms with van der Waals surface area (Å²) in [5.41, 5.74) is 1.98. The van der Waals surface area contributed by atoms with Crippen molar-refractivity contribution in [3.8, 4) is 11.4 Å². The van der Waals surface area contributed by atoms with Gasteiger partial charge < -0.3 is 10.3 Å². The van der Waals surface area contributed by atoms with Crippen LogP contribution in [0.3, 0.4) is 0 Å². The number of rotatable bonds is 3. The predicted octanol–water partition coefficient (Wildman–Crippen LogP) is 3.89. The fourth-order valence-electron chi connectivity index (χ4n) is 2.66. The van der Waals surface area contributed by atoms with Crippen LogP contribution in [-0.4, -0.2) is 20.9 Å². The van der Waals surface area contributed by atoms with Gasteiger partial charge in [0.1, 0.15) is 11.5 Å². The van der Waals surface area contributed by atoms with Crippen LogP contribution in [0.5, 0.6) is 0 Å². The third kappa shape index (κ3) is 3.56. The Kier molecular flexibility index (Phi) is 4.40. The van der Waals surface area contributed by atoms with Gasteiger partial charge >= 0.3 is 0 Å². The third-order valence-corrected chi connectivity index (χ3v) is 4.22. The molecular formula is C20H13ClN4O2. The maximum Gasteiger partial charge on any atom is 0.274 e. The average Bonchev–Trinajstić information content (AvgIpc) is 2.68. The number of carbonyl (C=O) groups is 1. The van der Waals surface area contributed by atoms with Crippen molar-refractivity contribution in [1.82, 2.24) is 15.0 Å². The van der Waals surface area contributed by atoms with E-state index in [2.05, 4.69) is 20.3 Å². The van der Waals surface area contributed by atoms with Crippen molar-refractivity contribution >= 4 is 34.1 Å². The van der Waals surface area contributed by atoms with Crippen LogP contribution < -0.4 is 10.9 Å². The molecule has 27 heavy (non-hydrogen) atoms. The van der Waals surface area contributed by atoms with Gasteiger partial charge in [-0.25, -0.2) is 4.98 Å². The Morgan fingerprint density at radius 3 is 2.59 bits per heavy atom. The number of anilines is 1. The van der Waals surface area contributed by atoms with Crippen LogP contribution >= 0.6 is 11.6 Å². The number of para-hydroxylation sites is 1. The van der Waals surface area contributed by atoms with Gasteiger partial charge in [0.15, 0.2) is 0 Å². The number of aromatic amines is 1. The zero-order chi connectivity index (χ0) is 18.8. The van der Waals surface area contributed by atoms with Gasteiger partial charge in [-0.1, -0.05) is 23.7 Å². The normalized spacial score (nSPS) is 10.7. The highest BCUT2D eigenvalue weighted by atomic mass is 35.5. The minimum Gasteiger partial charge on any atom is -0.321 e. The van der Waals surface area contributed by atoms with Crippen molar-refractivity contribution in [3.63, 3.8) is 0 Å². The first-order chi connectivity index (χ1) is 13.1. The molecule has 0 aliphatic rings. The van der Waals surface area contributed by atoms with Crippen LogP contribution in [0.1, 0.15) is 10.5 Å². The number of hydrogen-bond donors (Lipinski definition) is 2. The number of nitrogens with zero attached hydrogens (tertiary/aromatic N) is 2. The molecule has 0 saturated heterocycles. The summed E-state index contributed by atoms with van der Waals surface area (Å²) in [6.45, 7) is 0. The van der Waals surface area contributed by atoms with Crippen LogP contribution in [0.2, 0.25) is 5.02 Å². The van der Waals surface area contributed by atoms with E-state index in [4.69, 9.17) is 11.6 Å². The Labute approximate surface area is 158 Å². The number of hydrogen-bond acceptors (Lipinski definition) is 4. The molecule has 6 nitrogen and oxygen atoms in total. The fourth-order valence-corrected chi connectivity index (χ4v) is 2.82. The van der Waals surface area contributed by atoms with Crippen molar-refractivity contribution in [2.24, 2.45) is 0 Å². The van der Waals surface area contributed by atoms with Crippen LogP contribution in [0, 0.1) is 0 Å². The second kappa shape index (κ2) is 7.01. The van der Waals surface area contributed by atoms with Crippen LogP contribution in [-0.2, 0) is 0 Å². The van der Waals surface area contributed by atoms with E-state index < -0.39 is 0 Å². The molecule has 2 aromatic carbocycles. The Morgan fingerprint density at radius 2 is 1.81 bits per heavy atom. The van der Waals surface area contributed by atoms with Crippen molar-refractivity contribution in [2.75, 3.05) is 5.32 Å². The zero-order valence-electron chi connectivity index (χ0n) is 13.9. The largest absolute Gasteiger partial charge is 0.321 e. The van der Waals surface area contributed by atoms with Gasteiger partial charge in [-0.2, -0.15) is 0 Å². The van der Waals surface area contributed by atoms with Crippen molar-refractivity contribution in [1.29, 1.82) is 0 Å². The summed E-state index contributed by atoms with van der Waals surface area (Å²) < 4.78 is 0. The lowest BCUT2D eigenvalue weighted by Gasteiger charge is -2.07. The number of pyridine rings is 1. The topological polar surface area (TPSA) is 87.7 Å². The first-order valence-corrected chi connectivity index (χ1v) is 8.50. The summed E-state index contributed by atoms with van der Waals surface area (Å²) in [6.07, 6.45) is 1.47. The number of H-pyrrole nitrogens is 1. The van der Waals surface area contributed by atoms with E-state index in [-0.39, 0.29) is 17.2 Å². The fraction of sp³-hybridized carbons (Fsp3) is 0. The molecule has 7 heteroatoms. The highest BCUT2D eigenvalue weighted by molar-refractivity contribution is 6.30. The Bertz CT molecular complexity index is 1200. The molecule has 4 aromatic rings. The summed E-state index contributed by atoms with van der Waals surface area (Å²) in [7, 11) is 0. The highest BCUT2D eigenvalue weighted by Gasteiger charge is 2.09. The van der Waals surface area contributed by atoms with E-state index in [9.17, 15) is 9.59 Å². The number of benzene rings is 2. The molecule has 0 spiro atoms. The minimum atomic E-state index is -0.359. The lowest BCUT2D eigenvalue weighted by molar-refractivity contribution is 0.102. The molecule has 0 fully saturated rings. The van der Waals surface area contributed by atoms with Crippen LogP contribution in [0.4, 0.5) is 5.69 Å². The van der Waals surface area contributed by atoms with Crippen molar-refractivity contribution in [3.05, 3.63) is 87.9 Å². The van der Waals surface area contributed by atoms with Gasteiger partial charge in [-0.3, -0.25) is 14.6 Å². The summed E-state index contributed by atoms with van der Waals surface area (Å²) in [4.78, 5) is 35.7. The summed E-state index contributed by atoms with van der Waals surface area (Å²) in [5.74, 6) is 0.107. The van der Waals surface area contributed by atoms with Gasteiger partial charge in [0.2, 0.25) is 0 Å². The molecule has 0 aliphatic carbocycles. The summed E-state index contributed by atoms with van der Waals surface area (Å²) in [6, 6.07) is 17.3. The standard InChI is InChI=1S/C20H13ClN4O2/c21-13-9-10-22-17(11-13)20(27)23-14-7-5-12(6-8-14)18-24-16-4-2-1-3-15(16)19(26)25-18/h1-11H,(H,23,27)(H,24,25,26). The van der Waals surface area contributed by atoms with Gasteiger partial charge in [-0.15, -0.1) is 0 Å². The maximum absolute atomic E-state index is 12.2. The molecule has 4 rings (SSSR count). The number of halogens is 1. The summed E-state index contributed by atoms with van der Waals surface area (Å²) in [5, 5.41) is 3.74. The second-order valence-electron chi connectivity index (χ2n) is 5.82. The first kappa shape index (κ1) is 16.9. The van der Waals surface area contributed by atoms with E-state index >= 15 is 0 Å². The Balaban J connectivity index is 1.59. The van der Waals surface area contributed by atoms with E-state index in [1.54, 1.807) is 48.5 Å². The number of carbonyl (C=O) groups excluding carboxylic acids is 1. The average molecular weight is 377 g/mol. The minimum absolute atomic E-state index is 0.194. The number of amides is 1. The van der Waals surface area contributed by atoms with Gasteiger partial charge in [-0.05, 0) is 48.5 Å². The third-order valence-electron chi connectivity index (χ3n) is 3.98. The number of nitrogens with one attached hydrogen (secondary N) is 2. The molecule has 0 bridgehead atoms. The second-order valence-corrected chi connectivity index (χ2v) is 6.26. The van der Waals surface area contributed by atoms with Gasteiger partial charge in [0, 0.05) is 22.5 Å². The zero-order valence-corrected chi connectivity index (χ0v) is 14.7. The van der Waals surface area contributed by atoms with Gasteiger partial charge in [0.05, 0.1) is 10.9 Å². The Hall–Kier alpha value is -3.51. The molecule has 0 radical (unpaired) electrons. The van der Waals surface area contributed by atoms with Crippen molar-refractivity contribution in [2.45, 2.75) is 0 Å². The monoisotopic (exact) mass is 376 g/mol. The molecule has 1 amide bonds. The predicted molar refractivity (Wildman–Crippen MR) is 105 cm³/mol. The Morgan fingerprint density at radius 1 is 1.04 bits per heavy atom. The molecule has 0 saturated carbocycles. The first-order valence-electron chi connectivity index (χ1n) is 8.12. The van der Waals surface area contributed by atoms with E-state index in [1.165, 1.54) is 12.3 Å². The maximum atomic E-state index is 12.2. The number of aromatic nitrogens is 3.